The Hall–Kier alpha value is -3.15. The minimum Gasteiger partial charge on any atom is -0.361 e. The van der Waals surface area contributed by atoms with E-state index in [4.69, 9.17) is 0 Å². The summed E-state index contributed by atoms with van der Waals surface area (Å²) >= 11 is 0. The third kappa shape index (κ3) is 4.53. The van der Waals surface area contributed by atoms with Crippen molar-refractivity contribution in [3.8, 4) is 0 Å². The zero-order chi connectivity index (χ0) is 19.4. The molecule has 3 N–H and O–H groups in total. The van der Waals surface area contributed by atoms with Crippen LogP contribution < -0.4 is 10.6 Å². The summed E-state index contributed by atoms with van der Waals surface area (Å²) in [5.74, 6) is -1.26. The molecule has 0 spiro atoms. The van der Waals surface area contributed by atoms with Gasteiger partial charge in [-0.25, -0.2) is 4.39 Å². The fourth-order valence-corrected chi connectivity index (χ4v) is 2.99. The number of rotatable bonds is 6. The smallest absolute Gasteiger partial charge is 0.252 e. The number of carbonyl (C=O) groups is 2. The first-order chi connectivity index (χ1) is 12.9. The number of amides is 2. The Morgan fingerprint density at radius 2 is 1.85 bits per heavy atom. The lowest BCUT2D eigenvalue weighted by atomic mass is 10.0. The van der Waals surface area contributed by atoms with Gasteiger partial charge in [-0.3, -0.25) is 9.59 Å². The van der Waals surface area contributed by atoms with Gasteiger partial charge in [0.2, 0.25) is 5.91 Å². The molecule has 1 heterocycles. The van der Waals surface area contributed by atoms with Crippen molar-refractivity contribution in [3.05, 3.63) is 71.7 Å². The first kappa shape index (κ1) is 18.6. The largest absolute Gasteiger partial charge is 0.361 e. The summed E-state index contributed by atoms with van der Waals surface area (Å²) < 4.78 is 13.4. The van der Waals surface area contributed by atoms with Crippen molar-refractivity contribution >= 4 is 22.7 Å². The molecule has 0 unspecified atom stereocenters. The molecule has 2 aromatic carbocycles. The van der Waals surface area contributed by atoms with Crippen LogP contribution in [0.2, 0.25) is 0 Å². The fourth-order valence-electron chi connectivity index (χ4n) is 2.99. The summed E-state index contributed by atoms with van der Waals surface area (Å²) in [6.07, 6.45) is 2.16. The van der Waals surface area contributed by atoms with Crippen LogP contribution in [-0.2, 0) is 11.2 Å². The Labute approximate surface area is 157 Å². The number of aromatic amines is 1. The van der Waals surface area contributed by atoms with E-state index < -0.39 is 17.8 Å². The van der Waals surface area contributed by atoms with Crippen molar-refractivity contribution in [2.75, 3.05) is 0 Å². The second kappa shape index (κ2) is 8.03. The number of hydrogen-bond acceptors (Lipinski definition) is 2. The summed E-state index contributed by atoms with van der Waals surface area (Å²) in [5, 5.41) is 6.57. The van der Waals surface area contributed by atoms with Crippen LogP contribution in [0.3, 0.4) is 0 Å². The molecule has 0 radical (unpaired) electrons. The number of carbonyl (C=O) groups excluding carboxylic acids is 2. The minimum absolute atomic E-state index is 0.0611. The second-order valence-electron chi connectivity index (χ2n) is 6.76. The van der Waals surface area contributed by atoms with Crippen molar-refractivity contribution in [1.82, 2.24) is 15.6 Å². The molecule has 6 heteroatoms. The number of H-pyrrole nitrogens is 1. The molecule has 140 valence electrons. The lowest BCUT2D eigenvalue weighted by Gasteiger charge is -2.20. The molecular weight excluding hydrogens is 345 g/mol. The van der Waals surface area contributed by atoms with Gasteiger partial charge in [-0.05, 0) is 43.7 Å². The maximum atomic E-state index is 13.4. The molecule has 0 saturated carbocycles. The average Bonchev–Trinajstić information content (AvgIpc) is 3.03. The first-order valence-electron chi connectivity index (χ1n) is 8.86. The van der Waals surface area contributed by atoms with Crippen LogP contribution in [0.25, 0.3) is 10.9 Å². The minimum atomic E-state index is -0.776. The standard InChI is InChI=1S/C21H22FN3O2/c1-13(2)24-21(27)19(25-20(26)14-6-5-7-16(22)10-14)11-15-12-23-18-9-4-3-8-17(15)18/h3-10,12-13,19,23H,11H2,1-2H3,(H,24,27)(H,25,26)/t19-/m1/s1. The van der Waals surface area contributed by atoms with E-state index in [0.717, 1.165) is 22.5 Å². The van der Waals surface area contributed by atoms with E-state index in [-0.39, 0.29) is 17.5 Å². The topological polar surface area (TPSA) is 74.0 Å². The number of hydrogen-bond donors (Lipinski definition) is 3. The Morgan fingerprint density at radius 3 is 2.59 bits per heavy atom. The highest BCUT2D eigenvalue weighted by Gasteiger charge is 2.23. The molecule has 1 atom stereocenters. The SMILES string of the molecule is CC(C)NC(=O)[C@@H](Cc1c[nH]c2ccccc12)NC(=O)c1cccc(F)c1. The van der Waals surface area contributed by atoms with Gasteiger partial charge in [0, 0.05) is 35.1 Å². The summed E-state index contributed by atoms with van der Waals surface area (Å²) in [5.41, 5.74) is 2.07. The number of para-hydroxylation sites is 1. The molecule has 0 aliphatic rings. The number of aromatic nitrogens is 1. The molecule has 0 bridgehead atoms. The van der Waals surface area contributed by atoms with E-state index in [9.17, 15) is 14.0 Å². The van der Waals surface area contributed by atoms with Gasteiger partial charge in [0.25, 0.3) is 5.91 Å². The molecule has 5 nitrogen and oxygen atoms in total. The second-order valence-corrected chi connectivity index (χ2v) is 6.76. The predicted octanol–water partition coefficient (Wildman–Crippen LogP) is 3.17. The number of fused-ring (bicyclic) bond motifs is 1. The van der Waals surface area contributed by atoms with E-state index in [1.165, 1.54) is 18.2 Å². The maximum absolute atomic E-state index is 13.4. The highest BCUT2D eigenvalue weighted by atomic mass is 19.1. The third-order valence-electron chi connectivity index (χ3n) is 4.24. The summed E-state index contributed by atoms with van der Waals surface area (Å²) in [4.78, 5) is 28.3. The van der Waals surface area contributed by atoms with Gasteiger partial charge < -0.3 is 15.6 Å². The Balaban J connectivity index is 1.84. The summed E-state index contributed by atoms with van der Waals surface area (Å²) in [7, 11) is 0. The van der Waals surface area contributed by atoms with Crippen LogP contribution in [0.5, 0.6) is 0 Å². The number of benzene rings is 2. The van der Waals surface area contributed by atoms with Crippen molar-refractivity contribution in [1.29, 1.82) is 0 Å². The van der Waals surface area contributed by atoms with Gasteiger partial charge in [-0.2, -0.15) is 0 Å². The van der Waals surface area contributed by atoms with Gasteiger partial charge in [-0.1, -0.05) is 24.3 Å². The molecule has 3 rings (SSSR count). The van der Waals surface area contributed by atoms with E-state index in [0.29, 0.717) is 6.42 Å². The normalized spacial score (nSPS) is 12.1. The van der Waals surface area contributed by atoms with E-state index in [1.807, 2.05) is 44.3 Å². The third-order valence-corrected chi connectivity index (χ3v) is 4.24. The van der Waals surface area contributed by atoms with E-state index in [1.54, 1.807) is 0 Å². The molecular formula is C21H22FN3O2. The monoisotopic (exact) mass is 367 g/mol. The summed E-state index contributed by atoms with van der Waals surface area (Å²) in [6.45, 7) is 3.71. The number of nitrogens with one attached hydrogen (secondary N) is 3. The zero-order valence-corrected chi connectivity index (χ0v) is 15.3. The lowest BCUT2D eigenvalue weighted by molar-refractivity contribution is -0.123. The highest BCUT2D eigenvalue weighted by Crippen LogP contribution is 2.19. The molecule has 0 aliphatic carbocycles. The van der Waals surface area contributed by atoms with Crippen molar-refractivity contribution < 1.29 is 14.0 Å². The molecule has 1 aromatic heterocycles. The molecule has 2 amide bonds. The predicted molar refractivity (Wildman–Crippen MR) is 103 cm³/mol. The van der Waals surface area contributed by atoms with Gasteiger partial charge in [0.05, 0.1) is 0 Å². The van der Waals surface area contributed by atoms with Crippen LogP contribution in [0.4, 0.5) is 4.39 Å². The lowest BCUT2D eigenvalue weighted by Crippen LogP contribution is -2.49. The quantitative estimate of drug-likeness (QED) is 0.626. The van der Waals surface area contributed by atoms with E-state index >= 15 is 0 Å². The highest BCUT2D eigenvalue weighted by molar-refractivity contribution is 5.98. The molecule has 0 aliphatic heterocycles. The van der Waals surface area contributed by atoms with Gasteiger partial charge in [0.1, 0.15) is 11.9 Å². The average molecular weight is 367 g/mol. The Kier molecular flexibility index (Phi) is 5.54. The van der Waals surface area contributed by atoms with Crippen molar-refractivity contribution in [2.45, 2.75) is 32.4 Å². The Bertz CT molecular complexity index is 965. The van der Waals surface area contributed by atoms with Crippen LogP contribution in [0, 0.1) is 5.82 Å². The van der Waals surface area contributed by atoms with Gasteiger partial charge in [-0.15, -0.1) is 0 Å². The van der Waals surface area contributed by atoms with E-state index in [2.05, 4.69) is 15.6 Å². The molecule has 0 fully saturated rings. The van der Waals surface area contributed by atoms with Crippen LogP contribution >= 0.6 is 0 Å². The van der Waals surface area contributed by atoms with Crippen LogP contribution in [-0.4, -0.2) is 28.9 Å². The van der Waals surface area contributed by atoms with Gasteiger partial charge >= 0.3 is 0 Å². The van der Waals surface area contributed by atoms with Gasteiger partial charge in [0.15, 0.2) is 0 Å². The molecule has 27 heavy (non-hydrogen) atoms. The Morgan fingerprint density at radius 1 is 1.07 bits per heavy atom. The van der Waals surface area contributed by atoms with Crippen LogP contribution in [0.15, 0.2) is 54.7 Å². The number of halogens is 1. The van der Waals surface area contributed by atoms with Crippen molar-refractivity contribution in [2.24, 2.45) is 0 Å². The molecule has 3 aromatic rings. The first-order valence-corrected chi connectivity index (χ1v) is 8.86. The zero-order valence-electron chi connectivity index (χ0n) is 15.3. The fraction of sp³-hybridized carbons (Fsp3) is 0.238. The van der Waals surface area contributed by atoms with Crippen molar-refractivity contribution in [3.63, 3.8) is 0 Å². The maximum Gasteiger partial charge on any atom is 0.252 e. The summed E-state index contributed by atoms with van der Waals surface area (Å²) in [6, 6.07) is 12.3. The van der Waals surface area contributed by atoms with Crippen LogP contribution in [0.1, 0.15) is 29.8 Å². The molecule has 0 saturated heterocycles.